The molecule has 1 fully saturated rings. The van der Waals surface area contributed by atoms with Crippen molar-refractivity contribution in [3.05, 3.63) is 53.5 Å². The van der Waals surface area contributed by atoms with Gasteiger partial charge in [0, 0.05) is 32.4 Å². The first-order valence-corrected chi connectivity index (χ1v) is 9.60. The van der Waals surface area contributed by atoms with Crippen molar-refractivity contribution >= 4 is 35.8 Å². The molecule has 29 heavy (non-hydrogen) atoms. The summed E-state index contributed by atoms with van der Waals surface area (Å²) >= 11 is 0. The topological polar surface area (TPSA) is 61.8 Å². The number of guanidine groups is 1. The predicted octanol–water partition coefficient (Wildman–Crippen LogP) is 3.28. The number of aliphatic imine (C=N–C) groups is 1. The lowest BCUT2D eigenvalue weighted by Crippen LogP contribution is -2.45. The van der Waals surface area contributed by atoms with E-state index in [-0.39, 0.29) is 35.8 Å². The van der Waals surface area contributed by atoms with Crippen molar-refractivity contribution in [2.75, 3.05) is 38.2 Å². The fourth-order valence-corrected chi connectivity index (χ4v) is 3.42. The van der Waals surface area contributed by atoms with E-state index in [2.05, 4.69) is 20.6 Å². The molecule has 0 saturated carbocycles. The third kappa shape index (κ3) is 6.19. The molecule has 2 heterocycles. The van der Waals surface area contributed by atoms with Crippen LogP contribution in [-0.2, 0) is 0 Å². The van der Waals surface area contributed by atoms with Gasteiger partial charge in [0.2, 0.25) is 0 Å². The highest BCUT2D eigenvalue weighted by Crippen LogP contribution is 2.22. The van der Waals surface area contributed by atoms with Gasteiger partial charge in [0.1, 0.15) is 12.4 Å². The highest BCUT2D eigenvalue weighted by molar-refractivity contribution is 14.0. The Bertz CT molecular complexity index is 812. The van der Waals surface area contributed by atoms with E-state index in [1.165, 1.54) is 6.07 Å². The summed E-state index contributed by atoms with van der Waals surface area (Å²) in [6.07, 6.45) is 2.52. The Morgan fingerprint density at radius 2 is 2.03 bits per heavy atom. The van der Waals surface area contributed by atoms with E-state index in [4.69, 9.17) is 4.74 Å². The average molecular weight is 513 g/mol. The maximum atomic E-state index is 13.9. The van der Waals surface area contributed by atoms with Crippen molar-refractivity contribution in [1.29, 1.82) is 0 Å². The Kier molecular flexibility index (Phi) is 8.94. The third-order valence-electron chi connectivity index (χ3n) is 4.84. The predicted molar refractivity (Wildman–Crippen MR) is 126 cm³/mol. The Morgan fingerprint density at radius 3 is 2.72 bits per heavy atom. The van der Waals surface area contributed by atoms with Crippen LogP contribution < -0.4 is 20.3 Å². The molecule has 2 aromatic rings. The van der Waals surface area contributed by atoms with Gasteiger partial charge in [-0.3, -0.25) is 4.99 Å². The van der Waals surface area contributed by atoms with E-state index in [0.29, 0.717) is 25.5 Å². The van der Waals surface area contributed by atoms with Gasteiger partial charge in [0.25, 0.3) is 0 Å². The number of pyridine rings is 1. The molecule has 8 heteroatoms. The van der Waals surface area contributed by atoms with E-state index in [1.807, 2.05) is 36.9 Å². The molecular weight excluding hydrogens is 484 g/mol. The van der Waals surface area contributed by atoms with Crippen molar-refractivity contribution in [2.24, 2.45) is 4.99 Å². The molecule has 3 rings (SSSR count). The van der Waals surface area contributed by atoms with Crippen molar-refractivity contribution < 1.29 is 9.13 Å². The van der Waals surface area contributed by atoms with Crippen molar-refractivity contribution in [3.63, 3.8) is 0 Å². The smallest absolute Gasteiger partial charge is 0.191 e. The minimum absolute atomic E-state index is 0. The van der Waals surface area contributed by atoms with Crippen molar-refractivity contribution in [1.82, 2.24) is 15.6 Å². The summed E-state index contributed by atoms with van der Waals surface area (Å²) in [5.74, 6) is 1.79. The highest BCUT2D eigenvalue weighted by atomic mass is 127. The minimum Gasteiger partial charge on any atom is -0.491 e. The number of hydrogen-bond acceptors (Lipinski definition) is 4. The Hall–Kier alpha value is -2.10. The van der Waals surface area contributed by atoms with Crippen LogP contribution in [0.2, 0.25) is 0 Å². The van der Waals surface area contributed by atoms with Crippen LogP contribution in [0.25, 0.3) is 0 Å². The van der Waals surface area contributed by atoms with E-state index in [1.54, 1.807) is 19.3 Å². The van der Waals surface area contributed by atoms with Gasteiger partial charge < -0.3 is 20.3 Å². The standard InChI is InChI=1S/C21H28FN5O.HI/c1-15-6-4-7-16(2)19(15)28-13-11-25-21(23-3)26-17-9-12-27(14-17)20-18(22)8-5-10-24-20;/h4-8,10,17H,9,11-14H2,1-3H3,(H2,23,25,26);1H. The van der Waals surface area contributed by atoms with Crippen LogP contribution in [-0.4, -0.2) is 50.3 Å². The number of rotatable bonds is 6. The van der Waals surface area contributed by atoms with Gasteiger partial charge in [-0.2, -0.15) is 0 Å². The van der Waals surface area contributed by atoms with Crippen LogP contribution in [0.4, 0.5) is 10.2 Å². The molecule has 158 valence electrons. The third-order valence-corrected chi connectivity index (χ3v) is 4.84. The van der Waals surface area contributed by atoms with Gasteiger partial charge in [0.05, 0.1) is 6.54 Å². The monoisotopic (exact) mass is 513 g/mol. The summed E-state index contributed by atoms with van der Waals surface area (Å²) < 4.78 is 19.8. The lowest BCUT2D eigenvalue weighted by Gasteiger charge is -2.20. The lowest BCUT2D eigenvalue weighted by atomic mass is 10.1. The minimum atomic E-state index is -0.283. The molecule has 1 aromatic heterocycles. The lowest BCUT2D eigenvalue weighted by molar-refractivity contribution is 0.317. The summed E-state index contributed by atoms with van der Waals surface area (Å²) in [5, 5.41) is 6.67. The number of benzene rings is 1. The normalized spacial score (nSPS) is 16.3. The molecule has 6 nitrogen and oxygen atoms in total. The van der Waals surface area contributed by atoms with Gasteiger partial charge in [0.15, 0.2) is 17.6 Å². The van der Waals surface area contributed by atoms with Gasteiger partial charge in [-0.1, -0.05) is 18.2 Å². The summed E-state index contributed by atoms with van der Waals surface area (Å²) in [6.45, 7) is 6.73. The first kappa shape index (κ1) is 23.2. The first-order valence-electron chi connectivity index (χ1n) is 9.60. The number of anilines is 1. The van der Waals surface area contributed by atoms with Crippen molar-refractivity contribution in [2.45, 2.75) is 26.3 Å². The molecular formula is C21H29FIN5O. The van der Waals surface area contributed by atoms with Crippen molar-refractivity contribution in [3.8, 4) is 5.75 Å². The number of hydrogen-bond donors (Lipinski definition) is 2. The van der Waals surface area contributed by atoms with Crippen LogP contribution >= 0.6 is 24.0 Å². The van der Waals surface area contributed by atoms with E-state index >= 15 is 0 Å². The van der Waals surface area contributed by atoms with Gasteiger partial charge in [-0.15, -0.1) is 24.0 Å². The zero-order valence-electron chi connectivity index (χ0n) is 17.1. The average Bonchev–Trinajstić information content (AvgIpc) is 3.14. The largest absolute Gasteiger partial charge is 0.491 e. The van der Waals surface area contributed by atoms with E-state index in [0.717, 1.165) is 35.8 Å². The second kappa shape index (κ2) is 11.2. The highest BCUT2D eigenvalue weighted by Gasteiger charge is 2.25. The second-order valence-electron chi connectivity index (χ2n) is 6.95. The number of aromatic nitrogens is 1. The van der Waals surface area contributed by atoms with Gasteiger partial charge in [-0.25, -0.2) is 9.37 Å². The molecule has 1 unspecified atom stereocenters. The summed E-state index contributed by atoms with van der Waals surface area (Å²) in [4.78, 5) is 10.4. The number of nitrogens with zero attached hydrogens (tertiary/aromatic N) is 3. The maximum absolute atomic E-state index is 13.9. The van der Waals surface area contributed by atoms with E-state index < -0.39 is 0 Å². The van der Waals surface area contributed by atoms with Gasteiger partial charge >= 0.3 is 0 Å². The first-order chi connectivity index (χ1) is 13.6. The molecule has 1 aliphatic rings. The Labute approximate surface area is 189 Å². The van der Waals surface area contributed by atoms with Crippen LogP contribution in [0.15, 0.2) is 41.5 Å². The molecule has 1 aliphatic heterocycles. The van der Waals surface area contributed by atoms with Crippen LogP contribution in [0, 0.1) is 19.7 Å². The number of nitrogens with one attached hydrogen (secondary N) is 2. The fraction of sp³-hybridized carbons (Fsp3) is 0.429. The quantitative estimate of drug-likeness (QED) is 0.269. The Morgan fingerprint density at radius 1 is 1.28 bits per heavy atom. The SMILES string of the molecule is CN=C(NCCOc1c(C)cccc1C)NC1CCN(c2ncccc2F)C1.I. The zero-order valence-corrected chi connectivity index (χ0v) is 19.4. The number of halogens is 2. The molecule has 1 saturated heterocycles. The molecule has 1 atom stereocenters. The number of aryl methyl sites for hydroxylation is 2. The second-order valence-corrected chi connectivity index (χ2v) is 6.95. The molecule has 0 aliphatic carbocycles. The fourth-order valence-electron chi connectivity index (χ4n) is 3.42. The number of para-hydroxylation sites is 1. The summed E-state index contributed by atoms with van der Waals surface area (Å²) in [7, 11) is 1.74. The zero-order chi connectivity index (χ0) is 19.9. The van der Waals surface area contributed by atoms with E-state index in [9.17, 15) is 4.39 Å². The van der Waals surface area contributed by atoms with Gasteiger partial charge in [-0.05, 0) is 43.5 Å². The summed E-state index contributed by atoms with van der Waals surface area (Å²) in [6, 6.07) is 9.37. The number of ether oxygens (including phenoxy) is 1. The molecule has 0 radical (unpaired) electrons. The molecule has 0 bridgehead atoms. The summed E-state index contributed by atoms with van der Waals surface area (Å²) in [5.41, 5.74) is 2.27. The molecule has 0 spiro atoms. The van der Waals surface area contributed by atoms with Crippen LogP contribution in [0.5, 0.6) is 5.75 Å². The Balaban J connectivity index is 0.00000300. The van der Waals surface area contributed by atoms with Crippen LogP contribution in [0.1, 0.15) is 17.5 Å². The molecule has 1 aromatic carbocycles. The maximum Gasteiger partial charge on any atom is 0.191 e. The molecule has 2 N–H and O–H groups in total. The molecule has 0 amide bonds. The van der Waals surface area contributed by atoms with Crippen LogP contribution in [0.3, 0.4) is 0 Å².